The summed E-state index contributed by atoms with van der Waals surface area (Å²) >= 11 is 8.19. The van der Waals surface area contributed by atoms with E-state index in [2.05, 4.69) is 34.9 Å². The molecule has 4 heterocycles. The molecule has 0 bridgehead atoms. The first-order valence-corrected chi connectivity index (χ1v) is 15.5. The lowest BCUT2D eigenvalue weighted by atomic mass is 9.93. The Morgan fingerprint density at radius 1 is 1.22 bits per heavy atom. The standard InChI is InChI=1S/C31H36ClN3O5S/c1-19-13-34(22-16-39-17-22)10-8-21-7-6-20(12-25(19)21)15-40-29-23(4-3-5-26(29)32)27-18-41-31(33-27)35-11-9-24(30(36)37)28(14-35)38-2/h3-7,12,18-19,22,24,28H,8-11,13-17H2,1-2H3,(H,36,37)/t19-,24-,28+/m1/s1. The molecule has 0 amide bonds. The summed E-state index contributed by atoms with van der Waals surface area (Å²) in [7, 11) is 1.57. The van der Waals surface area contributed by atoms with Gasteiger partial charge >= 0.3 is 5.97 Å². The minimum Gasteiger partial charge on any atom is -0.487 e. The van der Waals surface area contributed by atoms with Crippen LogP contribution in [0.1, 0.15) is 36.0 Å². The van der Waals surface area contributed by atoms with E-state index in [1.54, 1.807) is 7.11 Å². The molecule has 2 aromatic carbocycles. The number of ether oxygens (including phenoxy) is 3. The lowest BCUT2D eigenvalue weighted by molar-refractivity contribution is -0.147. The predicted octanol–water partition coefficient (Wildman–Crippen LogP) is 5.33. The molecule has 10 heteroatoms. The number of halogens is 1. The number of piperidine rings is 1. The number of thiazole rings is 1. The Bertz CT molecular complexity index is 1400. The monoisotopic (exact) mass is 597 g/mol. The van der Waals surface area contributed by atoms with E-state index in [4.69, 9.17) is 30.8 Å². The van der Waals surface area contributed by atoms with Crippen molar-refractivity contribution in [2.75, 3.05) is 51.4 Å². The number of aromatic nitrogens is 1. The summed E-state index contributed by atoms with van der Waals surface area (Å²) in [6.07, 6.45) is 1.19. The molecule has 1 aromatic heterocycles. The number of para-hydroxylation sites is 1. The highest BCUT2D eigenvalue weighted by atomic mass is 35.5. The van der Waals surface area contributed by atoms with Crippen LogP contribution in [0.5, 0.6) is 5.75 Å². The lowest BCUT2D eigenvalue weighted by Gasteiger charge is -2.37. The van der Waals surface area contributed by atoms with Crippen molar-refractivity contribution in [3.05, 3.63) is 63.5 Å². The van der Waals surface area contributed by atoms with Gasteiger partial charge in [0.25, 0.3) is 0 Å². The number of hydrogen-bond donors (Lipinski definition) is 1. The highest BCUT2D eigenvalue weighted by Gasteiger charge is 2.35. The Labute approximate surface area is 249 Å². The Kier molecular flexibility index (Phi) is 8.51. The molecule has 0 radical (unpaired) electrons. The van der Waals surface area contributed by atoms with E-state index in [1.807, 2.05) is 23.6 Å². The van der Waals surface area contributed by atoms with Crippen LogP contribution in [0.2, 0.25) is 5.02 Å². The maximum Gasteiger partial charge on any atom is 0.309 e. The first-order valence-electron chi connectivity index (χ1n) is 14.2. The molecule has 1 N–H and O–H groups in total. The number of carboxylic acids is 1. The molecule has 218 valence electrons. The Hall–Kier alpha value is -2.69. The van der Waals surface area contributed by atoms with E-state index in [9.17, 15) is 9.90 Å². The zero-order chi connectivity index (χ0) is 28.5. The first kappa shape index (κ1) is 28.4. The smallest absolute Gasteiger partial charge is 0.309 e. The fourth-order valence-corrected chi connectivity index (χ4v) is 7.24. The summed E-state index contributed by atoms with van der Waals surface area (Å²) in [5, 5.41) is 12.9. The summed E-state index contributed by atoms with van der Waals surface area (Å²) in [6.45, 7) is 7.64. The summed E-state index contributed by atoms with van der Waals surface area (Å²) in [6, 6.07) is 13.0. The third-order valence-corrected chi connectivity index (χ3v) is 9.82. The molecule has 0 spiro atoms. The van der Waals surface area contributed by atoms with Crippen molar-refractivity contribution in [2.24, 2.45) is 5.92 Å². The number of benzene rings is 2. The van der Waals surface area contributed by atoms with Crippen molar-refractivity contribution < 1.29 is 24.1 Å². The summed E-state index contributed by atoms with van der Waals surface area (Å²) in [5.74, 6) is -0.261. The lowest BCUT2D eigenvalue weighted by Crippen LogP contribution is -2.50. The van der Waals surface area contributed by atoms with Crippen molar-refractivity contribution in [3.8, 4) is 17.0 Å². The molecular weight excluding hydrogens is 562 g/mol. The average Bonchev–Trinajstić information content (AvgIpc) is 3.38. The molecule has 8 nitrogen and oxygen atoms in total. The van der Waals surface area contributed by atoms with E-state index in [1.165, 1.54) is 22.5 Å². The maximum atomic E-state index is 11.6. The number of methoxy groups -OCH3 is 1. The van der Waals surface area contributed by atoms with Crippen molar-refractivity contribution in [1.82, 2.24) is 9.88 Å². The van der Waals surface area contributed by atoms with E-state index in [0.717, 1.165) is 54.7 Å². The third-order valence-electron chi connectivity index (χ3n) is 8.62. The van der Waals surface area contributed by atoms with Gasteiger partial charge in [-0.25, -0.2) is 4.98 Å². The van der Waals surface area contributed by atoms with Crippen molar-refractivity contribution in [1.29, 1.82) is 0 Å². The van der Waals surface area contributed by atoms with Crippen LogP contribution in [0.25, 0.3) is 11.3 Å². The molecular formula is C31H36ClN3O5S. The molecule has 0 saturated carbocycles. The fraction of sp³-hybridized carbons (Fsp3) is 0.484. The zero-order valence-electron chi connectivity index (χ0n) is 23.4. The molecule has 0 unspecified atom stereocenters. The van der Waals surface area contributed by atoms with Crippen molar-refractivity contribution in [2.45, 2.75) is 44.4 Å². The Balaban J connectivity index is 1.17. The summed E-state index contributed by atoms with van der Waals surface area (Å²) in [5.41, 5.74) is 5.56. The van der Waals surface area contributed by atoms with Crippen LogP contribution in [0, 0.1) is 5.92 Å². The highest BCUT2D eigenvalue weighted by molar-refractivity contribution is 7.14. The summed E-state index contributed by atoms with van der Waals surface area (Å²) < 4.78 is 17.3. The van der Waals surface area contributed by atoms with E-state index < -0.39 is 11.9 Å². The van der Waals surface area contributed by atoms with Gasteiger partial charge in [0.15, 0.2) is 5.13 Å². The molecule has 3 aromatic rings. The van der Waals surface area contributed by atoms with Gasteiger partial charge in [0, 0.05) is 44.2 Å². The molecule has 2 saturated heterocycles. The molecule has 41 heavy (non-hydrogen) atoms. The number of hydrogen-bond acceptors (Lipinski definition) is 8. The number of nitrogens with zero attached hydrogens (tertiary/aromatic N) is 3. The molecule has 3 aliphatic rings. The quantitative estimate of drug-likeness (QED) is 0.373. The number of anilines is 1. The number of rotatable bonds is 8. The van der Waals surface area contributed by atoms with Crippen LogP contribution in [0.4, 0.5) is 5.13 Å². The van der Waals surface area contributed by atoms with E-state index >= 15 is 0 Å². The van der Waals surface area contributed by atoms with Crippen LogP contribution in [-0.4, -0.2) is 79.6 Å². The number of aliphatic carboxylic acids is 1. The van der Waals surface area contributed by atoms with Gasteiger partial charge in [-0.15, -0.1) is 11.3 Å². The third kappa shape index (κ3) is 5.96. The van der Waals surface area contributed by atoms with Gasteiger partial charge in [0.2, 0.25) is 0 Å². The van der Waals surface area contributed by atoms with Crippen molar-refractivity contribution >= 4 is 34.0 Å². The second kappa shape index (κ2) is 12.3. The number of carbonyl (C=O) groups is 1. The second-order valence-electron chi connectivity index (χ2n) is 11.2. The Morgan fingerprint density at radius 2 is 2.07 bits per heavy atom. The molecule has 3 atom stereocenters. The van der Waals surface area contributed by atoms with Crippen LogP contribution < -0.4 is 9.64 Å². The average molecular weight is 598 g/mol. The van der Waals surface area contributed by atoms with Gasteiger partial charge in [-0.05, 0) is 47.6 Å². The van der Waals surface area contributed by atoms with Gasteiger partial charge < -0.3 is 24.2 Å². The van der Waals surface area contributed by atoms with Gasteiger partial charge in [0.05, 0.1) is 42.0 Å². The van der Waals surface area contributed by atoms with E-state index in [0.29, 0.717) is 48.8 Å². The highest BCUT2D eigenvalue weighted by Crippen LogP contribution is 2.39. The minimum absolute atomic E-state index is 0.377. The molecule has 2 fully saturated rings. The maximum absolute atomic E-state index is 11.6. The normalized spacial score (nSPS) is 23.5. The first-order chi connectivity index (χ1) is 19.9. The molecule has 6 rings (SSSR count). The van der Waals surface area contributed by atoms with Crippen LogP contribution >= 0.6 is 22.9 Å². The topological polar surface area (TPSA) is 84.4 Å². The van der Waals surface area contributed by atoms with Gasteiger partial charge in [-0.2, -0.15) is 0 Å². The Morgan fingerprint density at radius 3 is 2.83 bits per heavy atom. The SMILES string of the molecule is CO[C@H]1CN(c2nc(-c3cccc(Cl)c3OCc3ccc4c(c3)[C@H](C)CN(C3COC3)CC4)cs2)CC[C@H]1C(=O)O. The predicted molar refractivity (Wildman–Crippen MR) is 160 cm³/mol. The van der Waals surface area contributed by atoms with Crippen LogP contribution in [0.3, 0.4) is 0 Å². The van der Waals surface area contributed by atoms with Gasteiger partial charge in [-0.3, -0.25) is 9.69 Å². The molecule has 0 aliphatic carbocycles. The number of carboxylic acid groups (broad SMARTS) is 1. The largest absolute Gasteiger partial charge is 0.487 e. The second-order valence-corrected chi connectivity index (χ2v) is 12.5. The van der Waals surface area contributed by atoms with E-state index in [-0.39, 0.29) is 6.10 Å². The molecule has 3 aliphatic heterocycles. The fourth-order valence-electron chi connectivity index (χ4n) is 6.15. The van der Waals surface area contributed by atoms with Gasteiger partial charge in [-0.1, -0.05) is 42.8 Å². The zero-order valence-corrected chi connectivity index (χ0v) is 25.0. The number of fused-ring (bicyclic) bond motifs is 1. The van der Waals surface area contributed by atoms with Crippen LogP contribution in [-0.2, 0) is 27.3 Å². The van der Waals surface area contributed by atoms with Crippen LogP contribution in [0.15, 0.2) is 41.8 Å². The van der Waals surface area contributed by atoms with Gasteiger partial charge in [0.1, 0.15) is 12.4 Å². The summed E-state index contributed by atoms with van der Waals surface area (Å²) in [4.78, 5) is 21.2. The van der Waals surface area contributed by atoms with Crippen molar-refractivity contribution in [3.63, 3.8) is 0 Å². The minimum atomic E-state index is -0.813.